The molecule has 4 nitrogen and oxygen atoms in total. The minimum Gasteiger partial charge on any atom is -0.437 e. The Morgan fingerprint density at radius 3 is 2.47 bits per heavy atom. The summed E-state index contributed by atoms with van der Waals surface area (Å²) in [6.07, 6.45) is 0. The fourth-order valence-electron chi connectivity index (χ4n) is 1.96. The molecule has 0 spiro atoms. The summed E-state index contributed by atoms with van der Waals surface area (Å²) in [6, 6.07) is 6.27. The predicted octanol–water partition coefficient (Wildman–Crippen LogP) is 3.53. The van der Waals surface area contributed by atoms with Gasteiger partial charge in [-0.25, -0.2) is 4.68 Å². The second kappa shape index (κ2) is 4.96. The zero-order valence-electron chi connectivity index (χ0n) is 12.2. The van der Waals surface area contributed by atoms with Gasteiger partial charge in [-0.15, -0.1) is 0 Å². The maximum Gasteiger partial charge on any atom is 0.241 e. The molecule has 19 heavy (non-hydrogen) atoms. The first-order valence-electron chi connectivity index (χ1n) is 6.47. The fourth-order valence-corrected chi connectivity index (χ4v) is 1.96. The van der Waals surface area contributed by atoms with Crippen LogP contribution in [-0.4, -0.2) is 9.78 Å². The maximum absolute atomic E-state index is 5.99. The summed E-state index contributed by atoms with van der Waals surface area (Å²) >= 11 is 0. The Kier molecular flexibility index (Phi) is 3.51. The Morgan fingerprint density at radius 2 is 1.95 bits per heavy atom. The Morgan fingerprint density at radius 1 is 1.26 bits per heavy atom. The smallest absolute Gasteiger partial charge is 0.241 e. The van der Waals surface area contributed by atoms with E-state index in [-0.39, 0.29) is 0 Å². The molecule has 1 aromatic carbocycles. The van der Waals surface area contributed by atoms with Crippen molar-refractivity contribution in [2.24, 2.45) is 7.05 Å². The van der Waals surface area contributed by atoms with Gasteiger partial charge in [0, 0.05) is 7.05 Å². The minimum atomic E-state index is 0.466. The summed E-state index contributed by atoms with van der Waals surface area (Å²) in [5, 5.41) is 4.26. The molecule has 0 bridgehead atoms. The van der Waals surface area contributed by atoms with Crippen molar-refractivity contribution in [1.29, 1.82) is 0 Å². The highest BCUT2D eigenvalue weighted by atomic mass is 16.5. The number of aryl methyl sites for hydroxylation is 3. The highest BCUT2D eigenvalue weighted by Gasteiger charge is 2.14. The molecule has 2 rings (SSSR count). The van der Waals surface area contributed by atoms with Gasteiger partial charge in [-0.1, -0.05) is 26.0 Å². The fraction of sp³-hybridized carbons (Fsp3) is 0.400. The van der Waals surface area contributed by atoms with Gasteiger partial charge in [0.05, 0.1) is 5.69 Å². The van der Waals surface area contributed by atoms with E-state index in [2.05, 4.69) is 37.1 Å². The molecule has 2 N–H and O–H groups in total. The van der Waals surface area contributed by atoms with Crippen LogP contribution in [0.4, 0.5) is 5.69 Å². The molecule has 0 atom stereocenters. The Balaban J connectivity index is 2.40. The lowest BCUT2D eigenvalue weighted by atomic mass is 10.0. The van der Waals surface area contributed by atoms with Crippen LogP contribution in [0.2, 0.25) is 0 Å². The van der Waals surface area contributed by atoms with Crippen LogP contribution in [0.5, 0.6) is 11.6 Å². The third-order valence-corrected chi connectivity index (χ3v) is 3.30. The summed E-state index contributed by atoms with van der Waals surface area (Å²) < 4.78 is 7.63. The van der Waals surface area contributed by atoms with Crippen molar-refractivity contribution < 1.29 is 4.74 Å². The molecule has 0 amide bonds. The second-order valence-electron chi connectivity index (χ2n) is 5.21. The van der Waals surface area contributed by atoms with Crippen molar-refractivity contribution in [3.63, 3.8) is 0 Å². The number of anilines is 1. The third-order valence-electron chi connectivity index (χ3n) is 3.30. The zero-order chi connectivity index (χ0) is 14.2. The van der Waals surface area contributed by atoms with Crippen LogP contribution in [0.3, 0.4) is 0 Å². The molecule has 0 saturated carbocycles. The first kappa shape index (κ1) is 13.5. The van der Waals surface area contributed by atoms with Gasteiger partial charge < -0.3 is 10.5 Å². The quantitative estimate of drug-likeness (QED) is 0.917. The number of ether oxygens (including phenoxy) is 1. The van der Waals surface area contributed by atoms with Gasteiger partial charge in [-0.05, 0) is 37.0 Å². The van der Waals surface area contributed by atoms with Crippen LogP contribution in [0.15, 0.2) is 18.2 Å². The van der Waals surface area contributed by atoms with Crippen LogP contribution in [0.25, 0.3) is 0 Å². The van der Waals surface area contributed by atoms with Gasteiger partial charge in [0.25, 0.3) is 0 Å². The van der Waals surface area contributed by atoms with Crippen LogP contribution >= 0.6 is 0 Å². The van der Waals surface area contributed by atoms with E-state index < -0.39 is 0 Å². The summed E-state index contributed by atoms with van der Waals surface area (Å²) in [5.74, 6) is 1.90. The first-order valence-corrected chi connectivity index (χ1v) is 6.47. The number of aromatic nitrogens is 2. The van der Waals surface area contributed by atoms with E-state index in [9.17, 15) is 0 Å². The predicted molar refractivity (Wildman–Crippen MR) is 77.7 cm³/mol. The van der Waals surface area contributed by atoms with E-state index in [0.29, 0.717) is 17.5 Å². The first-order chi connectivity index (χ1) is 8.90. The number of nitrogen functional groups attached to an aromatic ring is 1. The number of rotatable bonds is 3. The zero-order valence-corrected chi connectivity index (χ0v) is 12.2. The number of nitrogens with two attached hydrogens (primary N) is 1. The molecule has 0 aliphatic carbocycles. The van der Waals surface area contributed by atoms with Crippen molar-refractivity contribution in [2.45, 2.75) is 33.6 Å². The van der Waals surface area contributed by atoms with E-state index >= 15 is 0 Å². The van der Waals surface area contributed by atoms with Crippen molar-refractivity contribution in [3.05, 3.63) is 35.0 Å². The molecule has 102 valence electrons. The number of benzene rings is 1. The van der Waals surface area contributed by atoms with E-state index in [0.717, 1.165) is 17.0 Å². The average Bonchev–Trinajstić information content (AvgIpc) is 2.58. The Labute approximate surface area is 114 Å². The Hall–Kier alpha value is -1.97. The molecule has 0 aliphatic heterocycles. The highest BCUT2D eigenvalue weighted by molar-refractivity contribution is 5.54. The molecule has 0 aliphatic rings. The van der Waals surface area contributed by atoms with E-state index in [4.69, 9.17) is 10.5 Å². The van der Waals surface area contributed by atoms with Gasteiger partial charge in [-0.2, -0.15) is 5.10 Å². The summed E-state index contributed by atoms with van der Waals surface area (Å²) in [5.41, 5.74) is 9.71. The molecule has 1 heterocycles. The van der Waals surface area contributed by atoms with Gasteiger partial charge in [0.15, 0.2) is 0 Å². The second-order valence-corrected chi connectivity index (χ2v) is 5.21. The highest BCUT2D eigenvalue weighted by Crippen LogP contribution is 2.32. The van der Waals surface area contributed by atoms with Crippen molar-refractivity contribution >= 4 is 5.69 Å². The molecular formula is C15H21N3O. The minimum absolute atomic E-state index is 0.466. The summed E-state index contributed by atoms with van der Waals surface area (Å²) in [6.45, 7) is 8.23. The van der Waals surface area contributed by atoms with Gasteiger partial charge in [0.2, 0.25) is 5.88 Å². The maximum atomic E-state index is 5.99. The lowest BCUT2D eigenvalue weighted by Gasteiger charge is -2.13. The topological polar surface area (TPSA) is 53.1 Å². The van der Waals surface area contributed by atoms with Crippen LogP contribution < -0.4 is 10.5 Å². The molecule has 0 saturated heterocycles. The lowest BCUT2D eigenvalue weighted by molar-refractivity contribution is 0.429. The molecule has 0 radical (unpaired) electrons. The molecule has 0 fully saturated rings. The SMILES string of the molecule is Cc1ccc(C(C)C)cc1Oc1c(N)c(C)nn1C. The van der Waals surface area contributed by atoms with Crippen molar-refractivity contribution in [3.8, 4) is 11.6 Å². The van der Waals surface area contributed by atoms with Gasteiger partial charge in [0.1, 0.15) is 11.4 Å². The summed E-state index contributed by atoms with van der Waals surface area (Å²) in [7, 11) is 1.83. The van der Waals surface area contributed by atoms with Gasteiger partial charge in [-0.3, -0.25) is 0 Å². The summed E-state index contributed by atoms with van der Waals surface area (Å²) in [4.78, 5) is 0. The molecule has 0 unspecified atom stereocenters. The molecule has 1 aromatic heterocycles. The standard InChI is InChI=1S/C15H21N3O/c1-9(2)12-7-6-10(3)13(8-12)19-15-14(16)11(4)17-18(15)5/h6-9H,16H2,1-5H3. The van der Waals surface area contributed by atoms with E-state index in [1.807, 2.05) is 20.9 Å². The average molecular weight is 259 g/mol. The van der Waals surface area contributed by atoms with Crippen molar-refractivity contribution in [2.75, 3.05) is 5.73 Å². The van der Waals surface area contributed by atoms with E-state index in [1.54, 1.807) is 4.68 Å². The monoisotopic (exact) mass is 259 g/mol. The van der Waals surface area contributed by atoms with Gasteiger partial charge >= 0.3 is 0 Å². The number of hydrogen-bond donors (Lipinski definition) is 1. The van der Waals surface area contributed by atoms with Crippen LogP contribution in [0.1, 0.15) is 36.6 Å². The largest absolute Gasteiger partial charge is 0.437 e. The van der Waals surface area contributed by atoms with Crippen molar-refractivity contribution in [1.82, 2.24) is 9.78 Å². The lowest BCUT2D eigenvalue weighted by Crippen LogP contribution is -1.99. The Bertz CT molecular complexity index is 600. The molecular weight excluding hydrogens is 238 g/mol. The van der Waals surface area contributed by atoms with E-state index in [1.165, 1.54) is 5.56 Å². The molecule has 4 heteroatoms. The normalized spacial score (nSPS) is 11.1. The number of hydrogen-bond acceptors (Lipinski definition) is 3. The molecule has 2 aromatic rings. The van der Waals surface area contributed by atoms with Crippen LogP contribution in [0, 0.1) is 13.8 Å². The van der Waals surface area contributed by atoms with Crippen LogP contribution in [-0.2, 0) is 7.05 Å². The third kappa shape index (κ3) is 2.57. The number of nitrogens with zero attached hydrogens (tertiary/aromatic N) is 2.